The fraction of sp³-hybridized carbons (Fsp3) is 0.424. The fourth-order valence-corrected chi connectivity index (χ4v) is 5.79. The van der Waals surface area contributed by atoms with E-state index in [-0.39, 0.29) is 17.7 Å². The van der Waals surface area contributed by atoms with Gasteiger partial charge in [-0.3, -0.25) is 14.6 Å². The van der Waals surface area contributed by atoms with Crippen LogP contribution >= 0.6 is 0 Å². The molecule has 0 spiro atoms. The summed E-state index contributed by atoms with van der Waals surface area (Å²) in [5.74, 6) is 0.616. The van der Waals surface area contributed by atoms with E-state index >= 15 is 0 Å². The van der Waals surface area contributed by atoms with Gasteiger partial charge in [-0.1, -0.05) is 54.6 Å². The highest BCUT2D eigenvalue weighted by Gasteiger charge is 2.31. The molecule has 7 heteroatoms. The lowest BCUT2D eigenvalue weighted by Gasteiger charge is -2.33. The number of hydrogen-bond donors (Lipinski definition) is 2. The van der Waals surface area contributed by atoms with E-state index in [0.29, 0.717) is 44.3 Å². The molecule has 210 valence electrons. The van der Waals surface area contributed by atoms with Gasteiger partial charge >= 0.3 is 0 Å². The summed E-state index contributed by atoms with van der Waals surface area (Å²) in [6, 6.07) is 20.3. The van der Waals surface area contributed by atoms with Crippen molar-refractivity contribution in [3.63, 3.8) is 0 Å². The third-order valence-corrected chi connectivity index (χ3v) is 8.15. The molecule has 3 aromatic rings. The van der Waals surface area contributed by atoms with Gasteiger partial charge in [-0.05, 0) is 62.6 Å². The van der Waals surface area contributed by atoms with Crippen LogP contribution in [0.1, 0.15) is 51.5 Å². The van der Waals surface area contributed by atoms with Crippen LogP contribution in [-0.4, -0.2) is 48.0 Å². The van der Waals surface area contributed by atoms with Crippen LogP contribution in [-0.2, 0) is 19.9 Å². The standard InChI is InChI=1S/C33H40N4O3/c1-33(2,34)27-14-12-25(13-15-27)31-29(24-6-4-3-5-7-24)21-28(22-35-31)36-30(38)20-23-8-10-26(11-9-23)32(39)37-16-18-40-19-17-37/h3-7,12-15,21-23,26H,8-11,16-20,34H2,1-2H3,(H,36,38). The van der Waals surface area contributed by atoms with E-state index in [4.69, 9.17) is 15.5 Å². The molecule has 1 saturated carbocycles. The summed E-state index contributed by atoms with van der Waals surface area (Å²) in [4.78, 5) is 32.6. The van der Waals surface area contributed by atoms with Gasteiger partial charge < -0.3 is 20.7 Å². The summed E-state index contributed by atoms with van der Waals surface area (Å²) in [7, 11) is 0. The van der Waals surface area contributed by atoms with Crippen LogP contribution in [0.25, 0.3) is 22.4 Å². The van der Waals surface area contributed by atoms with E-state index < -0.39 is 5.54 Å². The predicted molar refractivity (Wildman–Crippen MR) is 158 cm³/mol. The molecule has 2 amide bonds. The Bertz CT molecular complexity index is 1300. The molecule has 1 aromatic heterocycles. The number of pyridine rings is 1. The number of nitrogens with two attached hydrogens (primary N) is 1. The average molecular weight is 541 g/mol. The molecule has 0 bridgehead atoms. The second kappa shape index (κ2) is 12.3. The van der Waals surface area contributed by atoms with Gasteiger partial charge in [0.1, 0.15) is 0 Å². The zero-order chi connectivity index (χ0) is 28.1. The number of benzene rings is 2. The summed E-state index contributed by atoms with van der Waals surface area (Å²) in [6.07, 6.45) is 5.69. The zero-order valence-corrected chi connectivity index (χ0v) is 23.6. The van der Waals surface area contributed by atoms with Gasteiger partial charge in [0.15, 0.2) is 0 Å². The monoisotopic (exact) mass is 540 g/mol. The van der Waals surface area contributed by atoms with Gasteiger partial charge in [0, 0.05) is 42.1 Å². The lowest BCUT2D eigenvalue weighted by Crippen LogP contribution is -2.44. The summed E-state index contributed by atoms with van der Waals surface area (Å²) in [5.41, 5.74) is 11.4. The number of ether oxygens (including phenoxy) is 1. The largest absolute Gasteiger partial charge is 0.378 e. The molecule has 2 aromatic carbocycles. The van der Waals surface area contributed by atoms with Crippen molar-refractivity contribution < 1.29 is 14.3 Å². The van der Waals surface area contributed by atoms with Crippen LogP contribution in [0.3, 0.4) is 0 Å². The minimum atomic E-state index is -0.417. The molecular formula is C33H40N4O3. The SMILES string of the molecule is CC(C)(N)c1ccc(-c2ncc(NC(=O)CC3CCC(C(=O)N4CCOCC4)CC3)cc2-c2ccccc2)cc1. The van der Waals surface area contributed by atoms with Gasteiger partial charge in [-0.2, -0.15) is 0 Å². The van der Waals surface area contributed by atoms with Crippen molar-refractivity contribution in [3.8, 4) is 22.4 Å². The molecule has 2 fully saturated rings. The highest BCUT2D eigenvalue weighted by Crippen LogP contribution is 2.35. The summed E-state index contributed by atoms with van der Waals surface area (Å²) >= 11 is 0. The molecule has 0 radical (unpaired) electrons. The molecule has 2 heterocycles. The number of hydrogen-bond acceptors (Lipinski definition) is 5. The number of carbonyl (C=O) groups is 2. The van der Waals surface area contributed by atoms with E-state index in [0.717, 1.165) is 53.6 Å². The Hall–Kier alpha value is -3.55. The van der Waals surface area contributed by atoms with Gasteiger partial charge in [0.05, 0.1) is 30.8 Å². The zero-order valence-electron chi connectivity index (χ0n) is 23.6. The van der Waals surface area contributed by atoms with Crippen LogP contribution in [0.2, 0.25) is 0 Å². The first-order valence-corrected chi connectivity index (χ1v) is 14.4. The molecule has 0 atom stereocenters. The Morgan fingerprint density at radius 3 is 2.30 bits per heavy atom. The number of aromatic nitrogens is 1. The third-order valence-electron chi connectivity index (χ3n) is 8.15. The number of rotatable bonds is 7. The quantitative estimate of drug-likeness (QED) is 0.406. The highest BCUT2D eigenvalue weighted by atomic mass is 16.5. The second-order valence-electron chi connectivity index (χ2n) is 11.7. The topological polar surface area (TPSA) is 97.5 Å². The lowest BCUT2D eigenvalue weighted by molar-refractivity contribution is -0.141. The first-order valence-electron chi connectivity index (χ1n) is 14.4. The molecule has 7 nitrogen and oxygen atoms in total. The Kier molecular flexibility index (Phi) is 8.62. The first kappa shape index (κ1) is 28.0. The average Bonchev–Trinajstić information content (AvgIpc) is 2.98. The van der Waals surface area contributed by atoms with Crippen LogP contribution < -0.4 is 11.1 Å². The van der Waals surface area contributed by atoms with E-state index in [1.807, 2.05) is 55.1 Å². The van der Waals surface area contributed by atoms with Crippen molar-refractivity contribution in [1.29, 1.82) is 0 Å². The molecular weight excluding hydrogens is 500 g/mol. The van der Waals surface area contributed by atoms with E-state index in [1.54, 1.807) is 6.20 Å². The van der Waals surface area contributed by atoms with Crippen molar-refractivity contribution in [2.24, 2.45) is 17.6 Å². The molecule has 1 aliphatic heterocycles. The van der Waals surface area contributed by atoms with Crippen LogP contribution in [0, 0.1) is 11.8 Å². The molecule has 5 rings (SSSR count). The lowest BCUT2D eigenvalue weighted by atomic mass is 9.79. The third kappa shape index (κ3) is 6.77. The van der Waals surface area contributed by atoms with Crippen LogP contribution in [0.15, 0.2) is 66.9 Å². The molecule has 0 unspecified atom stereocenters. The van der Waals surface area contributed by atoms with Gasteiger partial charge in [0.25, 0.3) is 0 Å². The minimum Gasteiger partial charge on any atom is -0.378 e. The maximum absolute atomic E-state index is 13.0. The molecule has 3 N–H and O–H groups in total. The number of anilines is 1. The molecule has 1 saturated heterocycles. The highest BCUT2D eigenvalue weighted by molar-refractivity contribution is 5.93. The second-order valence-corrected chi connectivity index (χ2v) is 11.7. The van der Waals surface area contributed by atoms with Crippen LogP contribution in [0.5, 0.6) is 0 Å². The Morgan fingerprint density at radius 1 is 0.975 bits per heavy atom. The first-order chi connectivity index (χ1) is 19.3. The maximum atomic E-state index is 13.0. The van der Waals surface area contributed by atoms with Crippen molar-refractivity contribution in [2.45, 2.75) is 51.5 Å². The number of nitrogens with one attached hydrogen (secondary N) is 1. The Morgan fingerprint density at radius 2 is 1.65 bits per heavy atom. The summed E-state index contributed by atoms with van der Waals surface area (Å²) < 4.78 is 5.38. The van der Waals surface area contributed by atoms with Crippen molar-refractivity contribution >= 4 is 17.5 Å². The number of morpholine rings is 1. The van der Waals surface area contributed by atoms with Gasteiger partial charge in [0.2, 0.25) is 11.8 Å². The van der Waals surface area contributed by atoms with E-state index in [9.17, 15) is 9.59 Å². The summed E-state index contributed by atoms with van der Waals surface area (Å²) in [6.45, 7) is 6.61. The van der Waals surface area contributed by atoms with Gasteiger partial charge in [-0.15, -0.1) is 0 Å². The molecule has 40 heavy (non-hydrogen) atoms. The summed E-state index contributed by atoms with van der Waals surface area (Å²) in [5, 5.41) is 3.09. The van der Waals surface area contributed by atoms with Crippen molar-refractivity contribution in [2.75, 3.05) is 31.6 Å². The van der Waals surface area contributed by atoms with E-state index in [1.165, 1.54) is 0 Å². The molecule has 2 aliphatic rings. The Balaban J connectivity index is 1.25. The van der Waals surface area contributed by atoms with Crippen molar-refractivity contribution in [1.82, 2.24) is 9.88 Å². The number of carbonyl (C=O) groups excluding carboxylic acids is 2. The number of amides is 2. The van der Waals surface area contributed by atoms with E-state index in [2.05, 4.69) is 29.6 Å². The smallest absolute Gasteiger partial charge is 0.225 e. The maximum Gasteiger partial charge on any atom is 0.225 e. The minimum absolute atomic E-state index is 0.00829. The fourth-order valence-electron chi connectivity index (χ4n) is 5.79. The normalized spacial score (nSPS) is 19.7. The van der Waals surface area contributed by atoms with Crippen LogP contribution in [0.4, 0.5) is 5.69 Å². The molecule has 1 aliphatic carbocycles. The van der Waals surface area contributed by atoms with Gasteiger partial charge in [-0.25, -0.2) is 0 Å². The van der Waals surface area contributed by atoms with Crippen molar-refractivity contribution in [3.05, 3.63) is 72.4 Å². The Labute approximate surface area is 237 Å². The predicted octanol–water partition coefficient (Wildman–Crippen LogP) is 5.60. The number of nitrogens with zero attached hydrogens (tertiary/aromatic N) is 2.